The Morgan fingerprint density at radius 2 is 1.65 bits per heavy atom. The second-order valence-corrected chi connectivity index (χ2v) is 7.24. The van der Waals surface area contributed by atoms with Gasteiger partial charge in [0.05, 0.1) is 13.5 Å². The zero-order valence-corrected chi connectivity index (χ0v) is 17.5. The average molecular weight is 426 g/mol. The minimum atomic E-state index is -1.29. The first-order valence-electron chi connectivity index (χ1n) is 10.1. The van der Waals surface area contributed by atoms with Crippen molar-refractivity contribution in [1.29, 1.82) is 0 Å². The molecule has 0 bridgehead atoms. The van der Waals surface area contributed by atoms with E-state index in [1.54, 1.807) is 0 Å². The van der Waals surface area contributed by atoms with Crippen LogP contribution in [-0.2, 0) is 19.2 Å². The maximum atomic E-state index is 12.6. The lowest BCUT2D eigenvalue weighted by Crippen LogP contribution is -2.49. The second-order valence-electron chi connectivity index (χ2n) is 7.24. The third kappa shape index (κ3) is 5.03. The highest BCUT2D eigenvalue weighted by Gasteiger charge is 2.31. The third-order valence-electron chi connectivity index (χ3n) is 5.21. The number of hydrogen-bond acceptors (Lipinski definition) is 5. The molecule has 2 aromatic rings. The van der Waals surface area contributed by atoms with Gasteiger partial charge in [-0.2, -0.15) is 0 Å². The van der Waals surface area contributed by atoms with Crippen LogP contribution in [0.3, 0.4) is 0 Å². The number of alkyl carbamates (subject to hydrolysis) is 1. The highest BCUT2D eigenvalue weighted by Crippen LogP contribution is 2.44. The molecule has 164 valence electrons. The number of carbonyl (C=O) groups is 3. The van der Waals surface area contributed by atoms with Gasteiger partial charge in [0, 0.05) is 12.5 Å². The number of hydroxylamine groups is 2. The van der Waals surface area contributed by atoms with Crippen LogP contribution in [0.4, 0.5) is 4.79 Å². The Kier molecular flexibility index (Phi) is 7.25. The van der Waals surface area contributed by atoms with Crippen molar-refractivity contribution in [1.82, 2.24) is 10.4 Å². The van der Waals surface area contributed by atoms with E-state index in [1.807, 2.05) is 55.5 Å². The van der Waals surface area contributed by atoms with Gasteiger partial charge in [0.2, 0.25) is 0 Å². The quantitative estimate of drug-likeness (QED) is 0.597. The topological polar surface area (TPSA) is 105 Å². The van der Waals surface area contributed by atoms with Crippen LogP contribution < -0.4 is 5.32 Å². The highest BCUT2D eigenvalue weighted by molar-refractivity contribution is 5.88. The van der Waals surface area contributed by atoms with E-state index < -0.39 is 30.4 Å². The van der Waals surface area contributed by atoms with E-state index in [4.69, 9.17) is 14.7 Å². The molecule has 1 atom stereocenters. The standard InChI is InChI=1S/C23H26N2O6/c1-3-12-25(30-2)22(28)20(13-21(26)27)24-23(29)31-14-19-17-10-6-4-8-15(17)16-9-5-7-11-18(16)19/h4-11,19-20H,3,12-14H2,1-2H3,(H,24,29)(H,26,27). The summed E-state index contributed by atoms with van der Waals surface area (Å²) in [6, 6.07) is 14.6. The molecule has 0 radical (unpaired) electrons. The summed E-state index contributed by atoms with van der Waals surface area (Å²) in [6.45, 7) is 2.19. The van der Waals surface area contributed by atoms with Gasteiger partial charge in [-0.15, -0.1) is 0 Å². The molecule has 0 heterocycles. The molecule has 3 rings (SSSR count). The van der Waals surface area contributed by atoms with Crippen molar-refractivity contribution in [3.63, 3.8) is 0 Å². The first-order valence-corrected chi connectivity index (χ1v) is 10.1. The fraction of sp³-hybridized carbons (Fsp3) is 0.348. The molecule has 0 saturated carbocycles. The smallest absolute Gasteiger partial charge is 0.407 e. The van der Waals surface area contributed by atoms with E-state index in [-0.39, 0.29) is 19.1 Å². The first-order chi connectivity index (χ1) is 15.0. The Labute approximate surface area is 180 Å². The number of ether oxygens (including phenoxy) is 1. The fourth-order valence-electron chi connectivity index (χ4n) is 3.83. The molecule has 1 aliphatic carbocycles. The van der Waals surface area contributed by atoms with Crippen LogP contribution in [0.25, 0.3) is 11.1 Å². The molecule has 8 heteroatoms. The molecule has 0 saturated heterocycles. The lowest BCUT2D eigenvalue weighted by Gasteiger charge is -2.24. The van der Waals surface area contributed by atoms with Gasteiger partial charge in [0.25, 0.3) is 5.91 Å². The van der Waals surface area contributed by atoms with Crippen LogP contribution in [0.1, 0.15) is 36.8 Å². The van der Waals surface area contributed by atoms with Crippen molar-refractivity contribution >= 4 is 18.0 Å². The van der Waals surface area contributed by atoms with E-state index in [0.29, 0.717) is 6.42 Å². The van der Waals surface area contributed by atoms with Crippen molar-refractivity contribution in [2.45, 2.75) is 31.7 Å². The molecule has 31 heavy (non-hydrogen) atoms. The van der Waals surface area contributed by atoms with E-state index in [1.165, 1.54) is 7.11 Å². The summed E-state index contributed by atoms with van der Waals surface area (Å²) < 4.78 is 5.42. The van der Waals surface area contributed by atoms with Crippen molar-refractivity contribution in [2.24, 2.45) is 0 Å². The Hall–Kier alpha value is -3.39. The van der Waals surface area contributed by atoms with Gasteiger partial charge in [-0.1, -0.05) is 55.5 Å². The minimum Gasteiger partial charge on any atom is -0.481 e. The number of carboxylic acid groups (broad SMARTS) is 1. The van der Waals surface area contributed by atoms with Crippen molar-refractivity contribution in [3.8, 4) is 11.1 Å². The molecule has 0 aliphatic heterocycles. The predicted molar refractivity (Wildman–Crippen MR) is 113 cm³/mol. The van der Waals surface area contributed by atoms with Crippen LogP contribution in [0, 0.1) is 0 Å². The molecule has 2 N–H and O–H groups in total. The maximum Gasteiger partial charge on any atom is 0.407 e. The summed E-state index contributed by atoms with van der Waals surface area (Å²) in [5.41, 5.74) is 4.31. The number of hydrogen-bond donors (Lipinski definition) is 2. The number of fused-ring (bicyclic) bond motifs is 3. The van der Waals surface area contributed by atoms with Crippen LogP contribution >= 0.6 is 0 Å². The van der Waals surface area contributed by atoms with Gasteiger partial charge >= 0.3 is 12.1 Å². The molecule has 0 fully saturated rings. The largest absolute Gasteiger partial charge is 0.481 e. The van der Waals surface area contributed by atoms with Gasteiger partial charge in [-0.3, -0.25) is 14.4 Å². The molecule has 0 spiro atoms. The van der Waals surface area contributed by atoms with Gasteiger partial charge in [-0.25, -0.2) is 9.86 Å². The normalized spacial score (nSPS) is 13.1. The Bertz CT molecular complexity index is 915. The van der Waals surface area contributed by atoms with E-state index >= 15 is 0 Å². The van der Waals surface area contributed by atoms with Gasteiger partial charge in [0.15, 0.2) is 0 Å². The van der Waals surface area contributed by atoms with E-state index in [9.17, 15) is 14.4 Å². The monoisotopic (exact) mass is 426 g/mol. The zero-order valence-electron chi connectivity index (χ0n) is 17.5. The number of carboxylic acids is 1. The third-order valence-corrected chi connectivity index (χ3v) is 5.21. The van der Waals surface area contributed by atoms with E-state index in [0.717, 1.165) is 27.3 Å². The van der Waals surface area contributed by atoms with Gasteiger partial charge in [0.1, 0.15) is 12.6 Å². The summed E-state index contributed by atoms with van der Waals surface area (Å²) in [5.74, 6) is -1.99. The van der Waals surface area contributed by atoms with Gasteiger partial charge in [-0.05, 0) is 28.7 Å². The van der Waals surface area contributed by atoms with Crippen LogP contribution in [0.15, 0.2) is 48.5 Å². The first kappa shape index (κ1) is 22.3. The number of rotatable bonds is 9. The predicted octanol–water partition coefficient (Wildman–Crippen LogP) is 3.17. The molecular weight excluding hydrogens is 400 g/mol. The van der Waals surface area contributed by atoms with E-state index in [2.05, 4.69) is 5.32 Å². The Balaban J connectivity index is 1.69. The maximum absolute atomic E-state index is 12.6. The molecule has 8 nitrogen and oxygen atoms in total. The number of amides is 2. The minimum absolute atomic E-state index is 0.0663. The summed E-state index contributed by atoms with van der Waals surface area (Å²) in [7, 11) is 1.32. The van der Waals surface area contributed by atoms with Crippen LogP contribution in [-0.4, -0.2) is 54.4 Å². The van der Waals surface area contributed by atoms with Crippen LogP contribution in [0.2, 0.25) is 0 Å². The van der Waals surface area contributed by atoms with Crippen molar-refractivity contribution in [2.75, 3.05) is 20.3 Å². The number of aliphatic carboxylic acids is 1. The number of nitrogens with one attached hydrogen (secondary N) is 1. The number of benzene rings is 2. The summed E-state index contributed by atoms with van der Waals surface area (Å²) in [4.78, 5) is 41.3. The molecule has 0 aromatic heterocycles. The Morgan fingerprint density at radius 1 is 1.06 bits per heavy atom. The fourth-order valence-corrected chi connectivity index (χ4v) is 3.83. The van der Waals surface area contributed by atoms with Crippen molar-refractivity contribution in [3.05, 3.63) is 59.7 Å². The number of nitrogens with zero attached hydrogens (tertiary/aromatic N) is 1. The summed E-state index contributed by atoms with van der Waals surface area (Å²) >= 11 is 0. The Morgan fingerprint density at radius 3 is 2.16 bits per heavy atom. The van der Waals surface area contributed by atoms with Crippen molar-refractivity contribution < 1.29 is 29.1 Å². The summed E-state index contributed by atoms with van der Waals surface area (Å²) in [5, 5.41) is 12.6. The molecular formula is C23H26N2O6. The number of carbonyl (C=O) groups excluding carboxylic acids is 2. The molecule has 2 aromatic carbocycles. The molecule has 2 amide bonds. The average Bonchev–Trinajstić information content (AvgIpc) is 3.08. The lowest BCUT2D eigenvalue weighted by molar-refractivity contribution is -0.179. The zero-order chi connectivity index (χ0) is 22.4. The van der Waals surface area contributed by atoms with Gasteiger partial charge < -0.3 is 15.2 Å². The molecule has 1 unspecified atom stereocenters. The second kappa shape index (κ2) is 10.1. The summed E-state index contributed by atoms with van der Waals surface area (Å²) in [6.07, 6.45) is -0.814. The lowest BCUT2D eigenvalue weighted by atomic mass is 9.98. The molecule has 1 aliphatic rings. The van der Waals surface area contributed by atoms with Crippen LogP contribution in [0.5, 0.6) is 0 Å². The highest BCUT2D eigenvalue weighted by atomic mass is 16.7. The SMILES string of the molecule is CCCN(OC)C(=O)C(CC(=O)O)NC(=O)OCC1c2ccccc2-c2ccccc21.